The number of aryl methyl sites for hydroxylation is 2. The lowest BCUT2D eigenvalue weighted by Gasteiger charge is -2.08. The van der Waals surface area contributed by atoms with Crippen LogP contribution in [0.5, 0.6) is 0 Å². The highest BCUT2D eigenvalue weighted by Crippen LogP contribution is 2.30. The Kier molecular flexibility index (Phi) is 4.33. The molecule has 0 aliphatic heterocycles. The zero-order chi connectivity index (χ0) is 19.0. The maximum absolute atomic E-state index is 12.7. The van der Waals surface area contributed by atoms with Crippen LogP contribution in [0.1, 0.15) is 15.2 Å². The number of para-hydroxylation sites is 1. The fourth-order valence-electron chi connectivity index (χ4n) is 3.08. The summed E-state index contributed by atoms with van der Waals surface area (Å²) in [5.74, 6) is -0.449. The molecular formula is C21H17N3O2S. The number of nitrogens with zero attached hydrogens (tertiary/aromatic N) is 2. The number of pyridine rings is 1. The second-order valence-corrected chi connectivity index (χ2v) is 7.45. The molecule has 0 aliphatic carbocycles. The third-order valence-electron chi connectivity index (χ3n) is 4.40. The average molecular weight is 375 g/mol. The first-order chi connectivity index (χ1) is 13.0. The maximum Gasteiger partial charge on any atom is 0.262 e. The first-order valence-corrected chi connectivity index (χ1v) is 9.29. The van der Waals surface area contributed by atoms with Crippen molar-refractivity contribution in [1.82, 2.24) is 9.55 Å². The molecule has 6 heteroatoms. The van der Waals surface area contributed by atoms with Crippen molar-refractivity contribution in [2.75, 3.05) is 5.32 Å². The lowest BCUT2D eigenvalue weighted by atomic mass is 10.1. The molecule has 5 nitrogen and oxygen atoms in total. The van der Waals surface area contributed by atoms with Crippen LogP contribution >= 0.6 is 11.3 Å². The number of amides is 1. The number of anilines is 1. The standard InChI is InChI=1S/C21H17N3O2S/c1-13-18(14-8-4-3-5-9-14)22-21(27-13)23-20(26)16-12-24(2)17-11-7-6-10-15(17)19(16)25/h3-12H,1-2H3,(H,22,23,26). The lowest BCUT2D eigenvalue weighted by Crippen LogP contribution is -2.23. The number of rotatable bonds is 3. The van der Waals surface area contributed by atoms with Crippen molar-refractivity contribution in [3.63, 3.8) is 0 Å². The smallest absolute Gasteiger partial charge is 0.262 e. The zero-order valence-electron chi connectivity index (χ0n) is 14.9. The number of carbonyl (C=O) groups excluding carboxylic acids is 1. The molecule has 0 spiro atoms. The molecule has 0 aliphatic rings. The molecule has 0 fully saturated rings. The van der Waals surface area contributed by atoms with Gasteiger partial charge in [0.1, 0.15) is 5.56 Å². The number of hydrogen-bond donors (Lipinski definition) is 1. The van der Waals surface area contributed by atoms with E-state index < -0.39 is 5.91 Å². The SMILES string of the molecule is Cc1sc(NC(=O)c2cn(C)c3ccccc3c2=O)nc1-c1ccccc1. The molecule has 1 amide bonds. The highest BCUT2D eigenvalue weighted by atomic mass is 32.1. The minimum absolute atomic E-state index is 0.102. The molecule has 0 saturated carbocycles. The summed E-state index contributed by atoms with van der Waals surface area (Å²) in [6.07, 6.45) is 1.57. The number of thiazole rings is 1. The van der Waals surface area contributed by atoms with E-state index in [9.17, 15) is 9.59 Å². The Morgan fingerprint density at radius 1 is 1.07 bits per heavy atom. The minimum Gasteiger partial charge on any atom is -0.350 e. The Hall–Kier alpha value is -3.25. The molecule has 0 radical (unpaired) electrons. The fraction of sp³-hybridized carbons (Fsp3) is 0.0952. The molecule has 0 bridgehead atoms. The topological polar surface area (TPSA) is 64.0 Å². The fourth-order valence-corrected chi connectivity index (χ4v) is 3.91. The summed E-state index contributed by atoms with van der Waals surface area (Å²) in [5.41, 5.74) is 2.44. The molecule has 0 unspecified atom stereocenters. The second-order valence-electron chi connectivity index (χ2n) is 6.24. The predicted octanol–water partition coefficient (Wildman–Crippen LogP) is 4.22. The van der Waals surface area contributed by atoms with Gasteiger partial charge in [0.25, 0.3) is 5.91 Å². The van der Waals surface area contributed by atoms with Crippen LogP contribution in [0.25, 0.3) is 22.2 Å². The van der Waals surface area contributed by atoms with Crippen molar-refractivity contribution >= 4 is 33.3 Å². The lowest BCUT2D eigenvalue weighted by molar-refractivity contribution is 0.102. The van der Waals surface area contributed by atoms with Gasteiger partial charge in [-0.3, -0.25) is 14.9 Å². The summed E-state index contributed by atoms with van der Waals surface area (Å²) in [6, 6.07) is 17.1. The van der Waals surface area contributed by atoms with Crippen LogP contribution in [-0.4, -0.2) is 15.5 Å². The Labute approximate surface area is 159 Å². The van der Waals surface area contributed by atoms with Crippen molar-refractivity contribution in [2.45, 2.75) is 6.92 Å². The van der Waals surface area contributed by atoms with Crippen molar-refractivity contribution in [1.29, 1.82) is 0 Å². The Morgan fingerprint density at radius 3 is 2.56 bits per heavy atom. The zero-order valence-corrected chi connectivity index (χ0v) is 15.7. The van der Waals surface area contributed by atoms with Crippen LogP contribution in [0.3, 0.4) is 0 Å². The van der Waals surface area contributed by atoms with Crippen molar-refractivity contribution in [3.8, 4) is 11.3 Å². The summed E-state index contributed by atoms with van der Waals surface area (Å²) in [4.78, 5) is 31.0. The van der Waals surface area contributed by atoms with Gasteiger partial charge in [-0.1, -0.05) is 42.5 Å². The highest BCUT2D eigenvalue weighted by molar-refractivity contribution is 7.16. The van der Waals surface area contributed by atoms with Crippen LogP contribution in [0.15, 0.2) is 65.6 Å². The number of fused-ring (bicyclic) bond motifs is 1. The van der Waals surface area contributed by atoms with E-state index in [1.54, 1.807) is 22.9 Å². The average Bonchev–Trinajstić information content (AvgIpc) is 3.05. The molecule has 2 heterocycles. The van der Waals surface area contributed by atoms with Gasteiger partial charge in [0.2, 0.25) is 5.43 Å². The highest BCUT2D eigenvalue weighted by Gasteiger charge is 2.17. The number of benzene rings is 2. The Bertz CT molecular complexity index is 1210. The monoisotopic (exact) mass is 375 g/mol. The maximum atomic E-state index is 12.7. The van der Waals surface area contributed by atoms with Gasteiger partial charge in [0.05, 0.1) is 11.2 Å². The third-order valence-corrected chi connectivity index (χ3v) is 5.29. The number of carbonyl (C=O) groups is 1. The van der Waals surface area contributed by atoms with Crippen LogP contribution in [0.4, 0.5) is 5.13 Å². The summed E-state index contributed by atoms with van der Waals surface area (Å²) < 4.78 is 1.79. The van der Waals surface area contributed by atoms with Gasteiger partial charge in [0.15, 0.2) is 5.13 Å². The molecular weight excluding hydrogens is 358 g/mol. The summed E-state index contributed by atoms with van der Waals surface area (Å²) in [5, 5.41) is 3.78. The molecule has 27 heavy (non-hydrogen) atoms. The number of nitrogens with one attached hydrogen (secondary N) is 1. The van der Waals surface area contributed by atoms with Crippen molar-refractivity contribution in [2.24, 2.45) is 7.05 Å². The molecule has 134 valence electrons. The van der Waals surface area contributed by atoms with E-state index in [1.165, 1.54) is 11.3 Å². The minimum atomic E-state index is -0.449. The van der Waals surface area contributed by atoms with Crippen LogP contribution < -0.4 is 10.7 Å². The van der Waals surface area contributed by atoms with E-state index in [2.05, 4.69) is 10.3 Å². The molecule has 4 rings (SSSR count). The first-order valence-electron chi connectivity index (χ1n) is 8.47. The molecule has 2 aromatic carbocycles. The molecule has 1 N–H and O–H groups in total. The van der Waals surface area contributed by atoms with Gasteiger partial charge in [-0.05, 0) is 19.1 Å². The van der Waals surface area contributed by atoms with E-state index in [4.69, 9.17) is 0 Å². The third kappa shape index (κ3) is 3.15. The van der Waals surface area contributed by atoms with Crippen LogP contribution in [0.2, 0.25) is 0 Å². The quantitative estimate of drug-likeness (QED) is 0.583. The van der Waals surface area contributed by atoms with Crippen LogP contribution in [-0.2, 0) is 7.05 Å². The summed E-state index contributed by atoms with van der Waals surface area (Å²) in [6.45, 7) is 1.96. The van der Waals surface area contributed by atoms with E-state index in [1.807, 2.05) is 56.4 Å². The molecule has 4 aromatic rings. The molecule has 2 aromatic heterocycles. The molecule has 0 saturated heterocycles. The predicted molar refractivity (Wildman–Crippen MR) is 109 cm³/mol. The van der Waals surface area contributed by atoms with Gasteiger partial charge in [0, 0.05) is 29.1 Å². The normalized spacial score (nSPS) is 10.9. The summed E-state index contributed by atoms with van der Waals surface area (Å²) in [7, 11) is 1.82. The summed E-state index contributed by atoms with van der Waals surface area (Å²) >= 11 is 1.39. The van der Waals surface area contributed by atoms with E-state index in [-0.39, 0.29) is 11.0 Å². The second kappa shape index (κ2) is 6.81. The Balaban J connectivity index is 1.69. The number of aromatic nitrogens is 2. The van der Waals surface area contributed by atoms with Gasteiger partial charge < -0.3 is 4.57 Å². The van der Waals surface area contributed by atoms with E-state index in [0.29, 0.717) is 10.5 Å². The largest absolute Gasteiger partial charge is 0.350 e. The van der Waals surface area contributed by atoms with Gasteiger partial charge in [-0.15, -0.1) is 11.3 Å². The van der Waals surface area contributed by atoms with E-state index in [0.717, 1.165) is 21.7 Å². The van der Waals surface area contributed by atoms with Gasteiger partial charge >= 0.3 is 0 Å². The molecule has 0 atom stereocenters. The van der Waals surface area contributed by atoms with Crippen LogP contribution in [0, 0.1) is 6.92 Å². The number of hydrogen-bond acceptors (Lipinski definition) is 4. The van der Waals surface area contributed by atoms with Crippen molar-refractivity contribution in [3.05, 3.63) is 81.5 Å². The van der Waals surface area contributed by atoms with E-state index >= 15 is 0 Å². The first kappa shape index (κ1) is 17.2. The van der Waals surface area contributed by atoms with Crippen molar-refractivity contribution < 1.29 is 4.79 Å². The van der Waals surface area contributed by atoms with Gasteiger partial charge in [-0.2, -0.15) is 0 Å². The Morgan fingerprint density at radius 2 is 1.78 bits per heavy atom. The van der Waals surface area contributed by atoms with Gasteiger partial charge in [-0.25, -0.2) is 4.98 Å².